The Hall–Kier alpha value is -1.32. The predicted octanol–water partition coefficient (Wildman–Crippen LogP) is -5.43. The molecule has 0 aliphatic carbocycles. The number of hydrogen-bond acceptors (Lipinski definition) is 6. The molecule has 1 radical (unpaired) electrons. The van der Waals surface area contributed by atoms with Crippen LogP contribution in [0.15, 0.2) is 0 Å². The van der Waals surface area contributed by atoms with Gasteiger partial charge in [-0.15, -0.1) is 0 Å². The van der Waals surface area contributed by atoms with E-state index in [0.29, 0.717) is 0 Å². The van der Waals surface area contributed by atoms with Crippen molar-refractivity contribution in [1.29, 1.82) is 0 Å². The molecule has 0 aromatic carbocycles. The Kier molecular flexibility index (Phi) is 529. The minimum Gasteiger partial charge on any atom is -0.412 e. The molecule has 0 saturated carbocycles. The minimum absolute atomic E-state index is 0. The van der Waals surface area contributed by atoms with Crippen molar-refractivity contribution in [3.05, 3.63) is 30.6 Å². The SMILES string of the molecule is O.O.O.O.O.O.O=[N+]([O-])[O-].O=[N+]([O-])[O-].[Cu+2]. The standard InChI is InChI=1S/Cu.2NO3.6H2O/c;2*2-1(3)4;;;;;;/h;;;6*1H2/q+2;2*-1;;;;;;. The zero-order valence-electron chi connectivity index (χ0n) is 6.65. The molecular formula is H12CuN2O12. The van der Waals surface area contributed by atoms with E-state index in [1.807, 2.05) is 0 Å². The summed E-state index contributed by atoms with van der Waals surface area (Å²) in [5.74, 6) is 0. The van der Waals surface area contributed by atoms with Crippen LogP contribution in [0.5, 0.6) is 0 Å². The van der Waals surface area contributed by atoms with Crippen LogP contribution in [-0.2, 0) is 17.1 Å². The first-order valence-electron chi connectivity index (χ1n) is 1.10. The summed E-state index contributed by atoms with van der Waals surface area (Å²) in [5.41, 5.74) is 0. The smallest absolute Gasteiger partial charge is 0.412 e. The van der Waals surface area contributed by atoms with Gasteiger partial charge in [0, 0.05) is 0 Å². The van der Waals surface area contributed by atoms with E-state index in [2.05, 4.69) is 0 Å². The summed E-state index contributed by atoms with van der Waals surface area (Å²) >= 11 is 0. The van der Waals surface area contributed by atoms with Gasteiger partial charge >= 0.3 is 17.1 Å². The molecule has 0 aliphatic heterocycles. The van der Waals surface area contributed by atoms with E-state index in [1.165, 1.54) is 0 Å². The van der Waals surface area contributed by atoms with E-state index >= 15 is 0 Å². The van der Waals surface area contributed by atoms with Gasteiger partial charge in [0.15, 0.2) is 0 Å². The van der Waals surface area contributed by atoms with E-state index in [9.17, 15) is 0 Å². The second kappa shape index (κ2) is 79.0. The summed E-state index contributed by atoms with van der Waals surface area (Å²) in [6.07, 6.45) is 0. The summed E-state index contributed by atoms with van der Waals surface area (Å²) in [5, 5.41) is 29.5. The second-order valence-electron chi connectivity index (χ2n) is 0.447. The Bertz CT molecular complexity index is 71.6. The maximum Gasteiger partial charge on any atom is 2.00 e. The molecule has 0 saturated heterocycles. The van der Waals surface area contributed by atoms with Gasteiger partial charge in [-0.05, 0) is 0 Å². The van der Waals surface area contributed by atoms with E-state index in [1.54, 1.807) is 0 Å². The Balaban J connectivity index is -0.00000000468. The number of nitrogens with zero attached hydrogens (tertiary/aromatic N) is 2. The molecule has 0 aliphatic rings. The van der Waals surface area contributed by atoms with E-state index < -0.39 is 10.2 Å². The molecule has 0 amide bonds. The monoisotopic (exact) mass is 295 g/mol. The summed E-state index contributed by atoms with van der Waals surface area (Å²) in [7, 11) is 0. The van der Waals surface area contributed by atoms with Crippen molar-refractivity contribution in [3.63, 3.8) is 0 Å². The second-order valence-corrected chi connectivity index (χ2v) is 0.447. The van der Waals surface area contributed by atoms with Crippen molar-refractivity contribution in [1.82, 2.24) is 0 Å². The molecule has 0 heterocycles. The van der Waals surface area contributed by atoms with Crippen molar-refractivity contribution >= 4 is 0 Å². The maximum absolute atomic E-state index is 8.25. The molecule has 0 rings (SSSR count). The van der Waals surface area contributed by atoms with Crippen LogP contribution in [0.25, 0.3) is 0 Å². The van der Waals surface area contributed by atoms with Gasteiger partial charge in [-0.1, -0.05) is 0 Å². The number of hydrogen-bond donors (Lipinski definition) is 0. The van der Waals surface area contributed by atoms with Crippen LogP contribution in [0.4, 0.5) is 0 Å². The molecule has 0 bridgehead atoms. The quantitative estimate of drug-likeness (QED) is 0.238. The van der Waals surface area contributed by atoms with Gasteiger partial charge in [-0.25, -0.2) is 0 Å². The molecule has 105 valence electrons. The van der Waals surface area contributed by atoms with Crippen molar-refractivity contribution in [3.8, 4) is 0 Å². The fourth-order valence-electron chi connectivity index (χ4n) is 0. The van der Waals surface area contributed by atoms with Crippen LogP contribution in [0.2, 0.25) is 0 Å². The Morgan fingerprint density at radius 2 is 0.533 bits per heavy atom. The van der Waals surface area contributed by atoms with Crippen molar-refractivity contribution in [2.24, 2.45) is 0 Å². The molecule has 0 fully saturated rings. The van der Waals surface area contributed by atoms with Crippen molar-refractivity contribution in [2.45, 2.75) is 0 Å². The topological polar surface area (TPSA) is 321 Å². The van der Waals surface area contributed by atoms with Crippen LogP contribution in [0, 0.1) is 30.6 Å². The van der Waals surface area contributed by atoms with Crippen molar-refractivity contribution < 1.29 is 60.1 Å². The molecule has 12 N–H and O–H groups in total. The van der Waals surface area contributed by atoms with Crippen molar-refractivity contribution in [2.75, 3.05) is 0 Å². The van der Waals surface area contributed by atoms with Gasteiger partial charge in [0.25, 0.3) is 0 Å². The molecule has 0 unspecified atom stereocenters. The largest absolute Gasteiger partial charge is 2.00 e. The van der Waals surface area contributed by atoms with Gasteiger partial charge < -0.3 is 63.5 Å². The average molecular weight is 296 g/mol. The van der Waals surface area contributed by atoms with Gasteiger partial charge in [0.1, 0.15) is 0 Å². The summed E-state index contributed by atoms with van der Waals surface area (Å²) in [6, 6.07) is 0. The third-order valence-corrected chi connectivity index (χ3v) is 0. The van der Waals surface area contributed by atoms with Crippen LogP contribution in [-0.4, -0.2) is 43.0 Å². The zero-order valence-corrected chi connectivity index (χ0v) is 7.59. The molecule has 15 heavy (non-hydrogen) atoms. The van der Waals surface area contributed by atoms with Crippen LogP contribution in [0.3, 0.4) is 0 Å². The fraction of sp³-hybridized carbons (Fsp3) is 0. The normalized spacial score (nSPS) is 3.20. The van der Waals surface area contributed by atoms with Gasteiger partial charge in [0.2, 0.25) is 0 Å². The zero-order chi connectivity index (χ0) is 7.15. The third-order valence-electron chi connectivity index (χ3n) is 0. The minimum atomic E-state index is -1.75. The first-order valence-corrected chi connectivity index (χ1v) is 1.10. The molecule has 15 heteroatoms. The average Bonchev–Trinajstić information content (AvgIpc) is 1.25. The third kappa shape index (κ3) is 829. The number of rotatable bonds is 0. The summed E-state index contributed by atoms with van der Waals surface area (Å²) < 4.78 is 0. The maximum atomic E-state index is 8.25. The molecule has 0 aromatic heterocycles. The molecule has 14 nitrogen and oxygen atoms in total. The first-order chi connectivity index (χ1) is 3.46. The summed E-state index contributed by atoms with van der Waals surface area (Å²) in [4.78, 5) is 16.5. The van der Waals surface area contributed by atoms with Gasteiger partial charge in [-0.2, -0.15) is 0 Å². The van der Waals surface area contributed by atoms with Gasteiger partial charge in [-0.3, -0.25) is 0 Å². The Morgan fingerprint density at radius 3 is 0.533 bits per heavy atom. The Morgan fingerprint density at radius 1 is 0.533 bits per heavy atom. The molecular weight excluding hydrogens is 284 g/mol. The summed E-state index contributed by atoms with van der Waals surface area (Å²) in [6.45, 7) is 0. The molecule has 0 spiro atoms. The van der Waals surface area contributed by atoms with Crippen LogP contribution >= 0.6 is 0 Å². The van der Waals surface area contributed by atoms with Gasteiger partial charge in [0.05, 0.1) is 10.2 Å². The fourth-order valence-corrected chi connectivity index (χ4v) is 0. The van der Waals surface area contributed by atoms with Crippen LogP contribution in [0.1, 0.15) is 0 Å². The van der Waals surface area contributed by atoms with E-state index in [-0.39, 0.29) is 49.9 Å². The first kappa shape index (κ1) is 100. The van der Waals surface area contributed by atoms with E-state index in [4.69, 9.17) is 30.6 Å². The van der Waals surface area contributed by atoms with Crippen LogP contribution < -0.4 is 0 Å². The Labute approximate surface area is 91.7 Å². The predicted molar refractivity (Wildman–Crippen MR) is 42.4 cm³/mol. The van der Waals surface area contributed by atoms with E-state index in [0.717, 1.165) is 0 Å². The molecule has 0 atom stereocenters. The molecule has 0 aromatic rings.